The normalized spacial score (nSPS) is 14.5. The molecule has 0 bridgehead atoms. The molecule has 0 atom stereocenters. The van der Waals surface area contributed by atoms with Crippen LogP contribution in [0.3, 0.4) is 0 Å². The minimum absolute atomic E-state index is 0.0738. The van der Waals surface area contributed by atoms with Crippen molar-refractivity contribution in [3.8, 4) is 22.8 Å². The van der Waals surface area contributed by atoms with Crippen LogP contribution in [0.2, 0.25) is 0 Å². The van der Waals surface area contributed by atoms with Gasteiger partial charge in [-0.05, 0) is 37.1 Å². The average Bonchev–Trinajstić information content (AvgIpc) is 2.82. The third kappa shape index (κ3) is 4.03. The van der Waals surface area contributed by atoms with Gasteiger partial charge in [-0.15, -0.1) is 0 Å². The Balaban J connectivity index is 1.76. The van der Waals surface area contributed by atoms with Crippen LogP contribution in [0.5, 0.6) is 11.5 Å². The molecule has 31 heavy (non-hydrogen) atoms. The Morgan fingerprint density at radius 2 is 1.77 bits per heavy atom. The number of hydrogen-bond acceptors (Lipinski definition) is 5. The molecule has 1 saturated heterocycles. The summed E-state index contributed by atoms with van der Waals surface area (Å²) in [5.74, 6) is 0.751. The molecule has 3 aromatic rings. The molecule has 7 heteroatoms. The monoisotopic (exact) mass is 419 g/mol. The van der Waals surface area contributed by atoms with Crippen molar-refractivity contribution in [1.29, 1.82) is 0 Å². The van der Waals surface area contributed by atoms with Gasteiger partial charge in [0.15, 0.2) is 0 Å². The predicted molar refractivity (Wildman–Crippen MR) is 118 cm³/mol. The average molecular weight is 419 g/mol. The van der Waals surface area contributed by atoms with Crippen LogP contribution in [0.4, 0.5) is 0 Å². The number of benzene rings is 2. The van der Waals surface area contributed by atoms with Crippen LogP contribution in [0.1, 0.15) is 23.2 Å². The van der Waals surface area contributed by atoms with E-state index in [0.717, 1.165) is 16.5 Å². The first-order valence-electron chi connectivity index (χ1n) is 10.2. The highest BCUT2D eigenvalue weighted by Gasteiger charge is 2.28. The number of nitrogens with two attached hydrogens (primary N) is 1. The van der Waals surface area contributed by atoms with Gasteiger partial charge in [-0.2, -0.15) is 0 Å². The number of primary amides is 1. The number of carbonyl (C=O) groups is 2. The molecular formula is C24H25N3O4. The number of carbonyl (C=O) groups excluding carboxylic acids is 2. The lowest BCUT2D eigenvalue weighted by Crippen LogP contribution is -2.41. The zero-order chi connectivity index (χ0) is 22.0. The van der Waals surface area contributed by atoms with Gasteiger partial charge in [0.05, 0.1) is 31.0 Å². The summed E-state index contributed by atoms with van der Waals surface area (Å²) in [6, 6.07) is 14.9. The molecular weight excluding hydrogens is 394 g/mol. The Morgan fingerprint density at radius 1 is 1.03 bits per heavy atom. The fourth-order valence-electron chi connectivity index (χ4n) is 4.04. The van der Waals surface area contributed by atoms with Crippen LogP contribution < -0.4 is 15.2 Å². The van der Waals surface area contributed by atoms with Gasteiger partial charge < -0.3 is 20.1 Å². The minimum Gasteiger partial charge on any atom is -0.497 e. The van der Waals surface area contributed by atoms with Crippen LogP contribution in [0.25, 0.3) is 22.2 Å². The van der Waals surface area contributed by atoms with Crippen molar-refractivity contribution in [1.82, 2.24) is 9.88 Å². The van der Waals surface area contributed by atoms with E-state index in [-0.39, 0.29) is 17.7 Å². The van der Waals surface area contributed by atoms with Crippen LogP contribution in [-0.2, 0) is 4.79 Å². The molecule has 1 aromatic heterocycles. The third-order valence-electron chi connectivity index (χ3n) is 5.82. The molecule has 2 amide bonds. The molecule has 2 heterocycles. The second kappa shape index (κ2) is 8.63. The number of nitrogens with zero attached hydrogens (tertiary/aromatic N) is 2. The maximum atomic E-state index is 13.5. The topological polar surface area (TPSA) is 94.8 Å². The summed E-state index contributed by atoms with van der Waals surface area (Å²) in [6.45, 7) is 1.01. The molecule has 0 spiro atoms. The van der Waals surface area contributed by atoms with Gasteiger partial charge in [0.25, 0.3) is 5.91 Å². The van der Waals surface area contributed by atoms with Gasteiger partial charge in [0.1, 0.15) is 11.5 Å². The number of ether oxygens (including phenoxy) is 2. The quantitative estimate of drug-likeness (QED) is 0.685. The second-order valence-corrected chi connectivity index (χ2v) is 7.61. The molecule has 0 unspecified atom stereocenters. The molecule has 0 radical (unpaired) electrons. The Bertz CT molecular complexity index is 1140. The van der Waals surface area contributed by atoms with E-state index in [1.54, 1.807) is 25.2 Å². The molecule has 1 fully saturated rings. The first-order chi connectivity index (χ1) is 15.0. The molecule has 1 aliphatic rings. The van der Waals surface area contributed by atoms with Gasteiger partial charge in [-0.3, -0.25) is 9.59 Å². The Kier molecular flexibility index (Phi) is 5.75. The summed E-state index contributed by atoms with van der Waals surface area (Å²) in [5.41, 5.74) is 8.17. The van der Waals surface area contributed by atoms with Crippen LogP contribution >= 0.6 is 0 Å². The van der Waals surface area contributed by atoms with Crippen LogP contribution in [0.15, 0.2) is 48.5 Å². The maximum Gasteiger partial charge on any atom is 0.254 e. The van der Waals surface area contributed by atoms with Crippen molar-refractivity contribution in [2.75, 3.05) is 27.3 Å². The minimum atomic E-state index is -0.296. The van der Waals surface area contributed by atoms with Gasteiger partial charge in [-0.1, -0.05) is 18.2 Å². The van der Waals surface area contributed by atoms with Gasteiger partial charge in [0.2, 0.25) is 5.91 Å². The highest BCUT2D eigenvalue weighted by Crippen LogP contribution is 2.34. The summed E-state index contributed by atoms with van der Waals surface area (Å²) < 4.78 is 10.8. The summed E-state index contributed by atoms with van der Waals surface area (Å²) in [4.78, 5) is 31.5. The summed E-state index contributed by atoms with van der Waals surface area (Å²) in [7, 11) is 3.19. The Morgan fingerprint density at radius 3 is 2.45 bits per heavy atom. The highest BCUT2D eigenvalue weighted by atomic mass is 16.5. The lowest BCUT2D eigenvalue weighted by molar-refractivity contribution is -0.123. The van der Waals surface area contributed by atoms with Gasteiger partial charge in [0, 0.05) is 36.0 Å². The Labute approximate surface area is 180 Å². The zero-order valence-electron chi connectivity index (χ0n) is 17.6. The maximum absolute atomic E-state index is 13.5. The van der Waals surface area contributed by atoms with Gasteiger partial charge in [-0.25, -0.2) is 4.98 Å². The molecule has 0 aliphatic carbocycles. The number of hydrogen-bond donors (Lipinski definition) is 1. The molecule has 2 N–H and O–H groups in total. The van der Waals surface area contributed by atoms with Crippen LogP contribution in [0, 0.1) is 5.92 Å². The summed E-state index contributed by atoms with van der Waals surface area (Å²) in [6.07, 6.45) is 1.17. The smallest absolute Gasteiger partial charge is 0.254 e. The van der Waals surface area contributed by atoms with E-state index in [1.807, 2.05) is 42.5 Å². The number of rotatable bonds is 5. The number of likely N-dealkylation sites (tertiary alicyclic amines) is 1. The number of methoxy groups -OCH3 is 2. The second-order valence-electron chi connectivity index (χ2n) is 7.61. The standard InChI is InChI=1S/C24H25N3O4/c1-30-16-7-8-18(22(13-16)31-2)21-14-19(17-5-3-4-6-20(17)26-21)24(29)27-11-9-15(10-12-27)23(25)28/h3-8,13-15H,9-12H2,1-2H3,(H2,25,28). The SMILES string of the molecule is COc1ccc(-c2cc(C(=O)N3CCC(C(N)=O)CC3)c3ccccc3n2)c(OC)c1. The van der Waals surface area contributed by atoms with Crippen molar-refractivity contribution in [3.05, 3.63) is 54.1 Å². The third-order valence-corrected chi connectivity index (χ3v) is 5.82. The number of fused-ring (bicyclic) bond motifs is 1. The van der Waals surface area contributed by atoms with E-state index >= 15 is 0 Å². The van der Waals surface area contributed by atoms with Crippen LogP contribution in [-0.4, -0.2) is 49.0 Å². The van der Waals surface area contributed by atoms with E-state index in [4.69, 9.17) is 20.2 Å². The predicted octanol–water partition coefficient (Wildman–Crippen LogP) is 3.26. The van der Waals surface area contributed by atoms with Crippen molar-refractivity contribution in [2.24, 2.45) is 11.7 Å². The van der Waals surface area contributed by atoms with E-state index in [9.17, 15) is 9.59 Å². The van der Waals surface area contributed by atoms with E-state index in [2.05, 4.69) is 0 Å². The van der Waals surface area contributed by atoms with Crippen molar-refractivity contribution >= 4 is 22.7 Å². The zero-order valence-corrected chi connectivity index (χ0v) is 17.6. The Hall–Kier alpha value is -3.61. The van der Waals surface area contributed by atoms with Crippen molar-refractivity contribution in [2.45, 2.75) is 12.8 Å². The van der Waals surface area contributed by atoms with E-state index < -0.39 is 0 Å². The molecule has 4 rings (SSSR count). The molecule has 160 valence electrons. The molecule has 0 saturated carbocycles. The molecule has 7 nitrogen and oxygen atoms in total. The number of piperidine rings is 1. The summed E-state index contributed by atoms with van der Waals surface area (Å²) in [5, 5.41) is 0.792. The van der Waals surface area contributed by atoms with Crippen molar-refractivity contribution in [3.63, 3.8) is 0 Å². The largest absolute Gasteiger partial charge is 0.497 e. The highest BCUT2D eigenvalue weighted by molar-refractivity contribution is 6.07. The lowest BCUT2D eigenvalue weighted by Gasteiger charge is -2.31. The van der Waals surface area contributed by atoms with E-state index in [1.165, 1.54) is 0 Å². The number of para-hydroxylation sites is 1. The molecule has 2 aromatic carbocycles. The lowest BCUT2D eigenvalue weighted by atomic mass is 9.95. The van der Waals surface area contributed by atoms with Crippen molar-refractivity contribution < 1.29 is 19.1 Å². The fourth-order valence-corrected chi connectivity index (χ4v) is 4.04. The molecule has 1 aliphatic heterocycles. The number of aromatic nitrogens is 1. The number of amides is 2. The fraction of sp³-hybridized carbons (Fsp3) is 0.292. The first kappa shape index (κ1) is 20.7. The van der Waals surface area contributed by atoms with Gasteiger partial charge >= 0.3 is 0 Å². The van der Waals surface area contributed by atoms with E-state index in [0.29, 0.717) is 48.7 Å². The number of pyridine rings is 1. The summed E-state index contributed by atoms with van der Waals surface area (Å²) >= 11 is 0. The first-order valence-corrected chi connectivity index (χ1v) is 10.2.